The fourth-order valence-electron chi connectivity index (χ4n) is 1.76. The molecule has 0 aliphatic carbocycles. The lowest BCUT2D eigenvalue weighted by Gasteiger charge is -2.14. The molecular weight excluding hydrogens is 238 g/mol. The van der Waals surface area contributed by atoms with Crippen LogP contribution in [0.1, 0.15) is 30.0 Å². The molecule has 0 radical (unpaired) electrons. The van der Waals surface area contributed by atoms with Crippen molar-refractivity contribution >= 4 is 16.5 Å². The van der Waals surface area contributed by atoms with Gasteiger partial charge >= 0.3 is 0 Å². The number of aryl methyl sites for hydroxylation is 2. The van der Waals surface area contributed by atoms with Gasteiger partial charge in [0.15, 0.2) is 0 Å². The minimum Gasteiger partial charge on any atom is -0.368 e. The molecule has 2 rings (SSSR count). The van der Waals surface area contributed by atoms with E-state index in [0.29, 0.717) is 11.4 Å². The summed E-state index contributed by atoms with van der Waals surface area (Å²) < 4.78 is 3.76. The molecule has 17 heavy (non-hydrogen) atoms. The molecule has 2 aromatic rings. The minimum absolute atomic E-state index is 0.104. The van der Waals surface area contributed by atoms with Crippen LogP contribution in [0.3, 0.4) is 0 Å². The average Bonchev–Trinajstić information content (AvgIpc) is 2.68. The molecule has 0 bridgehead atoms. The second-order valence-electron chi connectivity index (χ2n) is 3.80. The van der Waals surface area contributed by atoms with E-state index in [0.717, 1.165) is 10.7 Å². The number of anilines is 1. The third-order valence-corrected chi connectivity index (χ3v) is 3.01. The summed E-state index contributed by atoms with van der Waals surface area (Å²) >= 11 is 1.26. The predicted molar refractivity (Wildman–Crippen MR) is 66.3 cm³/mol. The lowest BCUT2D eigenvalue weighted by molar-refractivity contribution is 0.816. The van der Waals surface area contributed by atoms with E-state index in [1.54, 1.807) is 13.1 Å². The van der Waals surface area contributed by atoms with E-state index in [4.69, 9.17) is 0 Å². The molecule has 0 saturated heterocycles. The van der Waals surface area contributed by atoms with Crippen molar-refractivity contribution in [3.8, 4) is 0 Å². The Kier molecular flexibility index (Phi) is 3.19. The quantitative estimate of drug-likeness (QED) is 0.861. The van der Waals surface area contributed by atoms with Crippen LogP contribution in [0.25, 0.3) is 0 Å². The van der Waals surface area contributed by atoms with E-state index < -0.39 is 0 Å². The van der Waals surface area contributed by atoms with Crippen LogP contribution in [0, 0.1) is 13.8 Å². The highest BCUT2D eigenvalue weighted by atomic mass is 32.1. The molecule has 2 N–H and O–H groups in total. The topological polar surface area (TPSA) is 83.6 Å². The van der Waals surface area contributed by atoms with Crippen LogP contribution < -0.4 is 10.9 Å². The van der Waals surface area contributed by atoms with E-state index in [1.165, 1.54) is 11.5 Å². The predicted octanol–water partition coefficient (Wildman–Crippen LogP) is 1.41. The Hall–Kier alpha value is -1.76. The van der Waals surface area contributed by atoms with Gasteiger partial charge in [-0.15, -0.1) is 5.10 Å². The molecule has 0 aromatic carbocycles. The number of nitrogens with zero attached hydrogens (tertiary/aromatic N) is 3. The number of hydrogen-bond acceptors (Lipinski definition) is 6. The van der Waals surface area contributed by atoms with Crippen molar-refractivity contribution in [2.75, 3.05) is 5.32 Å². The van der Waals surface area contributed by atoms with Crippen LogP contribution >= 0.6 is 11.5 Å². The van der Waals surface area contributed by atoms with E-state index >= 15 is 0 Å². The molecule has 2 aromatic heterocycles. The van der Waals surface area contributed by atoms with Gasteiger partial charge in [0, 0.05) is 11.5 Å². The fraction of sp³-hybridized carbons (Fsp3) is 0.400. The summed E-state index contributed by atoms with van der Waals surface area (Å²) in [7, 11) is 0. The highest BCUT2D eigenvalue weighted by molar-refractivity contribution is 7.09. The van der Waals surface area contributed by atoms with E-state index in [2.05, 4.69) is 24.9 Å². The van der Waals surface area contributed by atoms with E-state index in [-0.39, 0.29) is 11.6 Å². The van der Waals surface area contributed by atoms with Crippen molar-refractivity contribution in [1.29, 1.82) is 0 Å². The molecule has 2 heterocycles. The van der Waals surface area contributed by atoms with Crippen molar-refractivity contribution in [3.63, 3.8) is 0 Å². The summed E-state index contributed by atoms with van der Waals surface area (Å²) in [6.07, 6.45) is 1.63. The van der Waals surface area contributed by atoms with Crippen molar-refractivity contribution in [2.45, 2.75) is 26.8 Å². The molecule has 0 amide bonds. The van der Waals surface area contributed by atoms with E-state index in [1.807, 2.05) is 13.8 Å². The van der Waals surface area contributed by atoms with Gasteiger partial charge < -0.3 is 10.3 Å². The summed E-state index contributed by atoms with van der Waals surface area (Å²) in [6, 6.07) is -0.130. The van der Waals surface area contributed by atoms with Crippen molar-refractivity contribution < 1.29 is 0 Å². The monoisotopic (exact) mass is 251 g/mol. The summed E-state index contributed by atoms with van der Waals surface area (Å²) in [5.74, 6) is 0.628. The normalized spacial score (nSPS) is 12.4. The second-order valence-corrected chi connectivity index (χ2v) is 4.58. The summed E-state index contributed by atoms with van der Waals surface area (Å²) in [6.45, 7) is 5.51. The van der Waals surface area contributed by atoms with Gasteiger partial charge in [0.2, 0.25) is 0 Å². The molecule has 0 fully saturated rings. The van der Waals surface area contributed by atoms with Crippen molar-refractivity contribution in [1.82, 2.24) is 19.6 Å². The van der Waals surface area contributed by atoms with Gasteiger partial charge in [-0.1, -0.05) is 4.49 Å². The van der Waals surface area contributed by atoms with Crippen LogP contribution in [-0.4, -0.2) is 19.6 Å². The molecule has 0 aliphatic heterocycles. The number of aromatic amines is 1. The van der Waals surface area contributed by atoms with Crippen molar-refractivity contribution in [2.24, 2.45) is 0 Å². The molecule has 0 aliphatic rings. The molecule has 6 nitrogen and oxygen atoms in total. The highest BCUT2D eigenvalue weighted by Gasteiger charge is 2.15. The first kappa shape index (κ1) is 11.7. The Morgan fingerprint density at radius 1 is 1.47 bits per heavy atom. The molecule has 1 atom stereocenters. The van der Waals surface area contributed by atoms with Crippen LogP contribution in [0.15, 0.2) is 11.0 Å². The zero-order valence-corrected chi connectivity index (χ0v) is 10.6. The largest absolute Gasteiger partial charge is 0.368 e. The summed E-state index contributed by atoms with van der Waals surface area (Å²) in [4.78, 5) is 18.8. The van der Waals surface area contributed by atoms with Crippen molar-refractivity contribution in [3.05, 3.63) is 33.6 Å². The Morgan fingerprint density at radius 3 is 2.82 bits per heavy atom. The Labute approximate surface area is 102 Å². The van der Waals surface area contributed by atoms with Crippen LogP contribution in [0.2, 0.25) is 0 Å². The maximum atomic E-state index is 11.9. The van der Waals surface area contributed by atoms with Crippen LogP contribution in [0.4, 0.5) is 5.00 Å². The summed E-state index contributed by atoms with van der Waals surface area (Å²) in [5, 5.41) is 7.74. The Balaban J connectivity index is 2.31. The Morgan fingerprint density at radius 2 is 2.24 bits per heavy atom. The third kappa shape index (κ3) is 2.50. The van der Waals surface area contributed by atoms with Gasteiger partial charge in [-0.05, 0) is 20.8 Å². The first-order valence-corrected chi connectivity index (χ1v) is 5.96. The number of rotatable bonds is 3. The number of hydrogen-bond donors (Lipinski definition) is 2. The third-order valence-electron chi connectivity index (χ3n) is 2.42. The second kappa shape index (κ2) is 4.62. The summed E-state index contributed by atoms with van der Waals surface area (Å²) in [5.41, 5.74) is 1.28. The van der Waals surface area contributed by atoms with Gasteiger partial charge in [0.25, 0.3) is 5.56 Å². The standard InChI is InChI=1S/C10H13N5OS/c1-5-9(10(16)14-7(3)12-5)6(2)13-8-4-11-15-17-8/h4,6,13H,1-3H3,(H,12,14,16). The van der Waals surface area contributed by atoms with Crippen LogP contribution in [0.5, 0.6) is 0 Å². The minimum atomic E-state index is -0.130. The smallest absolute Gasteiger partial charge is 0.256 e. The maximum absolute atomic E-state index is 11.9. The van der Waals surface area contributed by atoms with Gasteiger partial charge in [-0.25, -0.2) is 4.98 Å². The maximum Gasteiger partial charge on any atom is 0.256 e. The van der Waals surface area contributed by atoms with Crippen LogP contribution in [-0.2, 0) is 0 Å². The zero-order valence-electron chi connectivity index (χ0n) is 9.81. The molecule has 0 spiro atoms. The van der Waals surface area contributed by atoms with Gasteiger partial charge in [0.05, 0.1) is 23.5 Å². The Bertz CT molecular complexity index is 563. The SMILES string of the molecule is Cc1nc(C)c(C(C)Nc2cnns2)c(=O)[nH]1. The lowest BCUT2D eigenvalue weighted by Crippen LogP contribution is -2.23. The lowest BCUT2D eigenvalue weighted by atomic mass is 10.1. The molecule has 7 heteroatoms. The zero-order chi connectivity index (χ0) is 12.4. The highest BCUT2D eigenvalue weighted by Crippen LogP contribution is 2.19. The first-order chi connectivity index (χ1) is 8.08. The molecule has 90 valence electrons. The molecule has 0 saturated carbocycles. The number of aromatic nitrogens is 4. The van der Waals surface area contributed by atoms with Gasteiger partial charge in [-0.2, -0.15) is 0 Å². The van der Waals surface area contributed by atoms with Gasteiger partial charge in [0.1, 0.15) is 10.8 Å². The number of H-pyrrole nitrogens is 1. The van der Waals surface area contributed by atoms with E-state index in [9.17, 15) is 4.79 Å². The molecule has 1 unspecified atom stereocenters. The first-order valence-electron chi connectivity index (χ1n) is 5.19. The molecular formula is C10H13N5OS. The fourth-order valence-corrected chi connectivity index (χ4v) is 2.27. The number of nitrogens with one attached hydrogen (secondary N) is 2. The average molecular weight is 251 g/mol. The van der Waals surface area contributed by atoms with Gasteiger partial charge in [-0.3, -0.25) is 4.79 Å².